The fraction of sp³-hybridized carbons (Fsp3) is 0.308. The molecular weight excluding hydrogens is 494 g/mol. The summed E-state index contributed by atoms with van der Waals surface area (Å²) in [5, 5.41) is 11.4. The van der Waals surface area contributed by atoms with Gasteiger partial charge in [0.05, 0.1) is 6.54 Å². The molecule has 2 aromatic carbocycles. The van der Waals surface area contributed by atoms with Gasteiger partial charge in [0.25, 0.3) is 0 Å². The molecule has 0 saturated carbocycles. The molecule has 0 saturated heterocycles. The van der Waals surface area contributed by atoms with Crippen LogP contribution in [0, 0.1) is 6.92 Å². The molecule has 1 aliphatic heterocycles. The number of hydrogen-bond donors (Lipinski definition) is 2. The van der Waals surface area contributed by atoms with Crippen molar-refractivity contribution in [1.29, 1.82) is 0 Å². The fourth-order valence-electron chi connectivity index (χ4n) is 4.51. The van der Waals surface area contributed by atoms with Crippen LogP contribution in [0.4, 0.5) is 0 Å². The van der Waals surface area contributed by atoms with Crippen LogP contribution in [0.3, 0.4) is 0 Å². The molecule has 0 aliphatic carbocycles. The van der Waals surface area contributed by atoms with Crippen molar-refractivity contribution in [2.45, 2.75) is 44.6 Å². The Morgan fingerprint density at radius 2 is 2.00 bits per heavy atom. The van der Waals surface area contributed by atoms with Gasteiger partial charge in [-0.3, -0.25) is 13.9 Å². The number of rotatable bonds is 7. The minimum Gasteiger partial charge on any atom is -0.490 e. The highest BCUT2D eigenvalue weighted by Crippen LogP contribution is 2.57. The van der Waals surface area contributed by atoms with Gasteiger partial charge in [0, 0.05) is 19.2 Å². The molecule has 10 nitrogen and oxygen atoms in total. The number of ether oxygens (including phenoxy) is 2. The van der Waals surface area contributed by atoms with Gasteiger partial charge >= 0.3 is 5.97 Å². The maximum atomic E-state index is 12.8. The molecule has 0 spiro atoms. The molecule has 0 bridgehead atoms. The molecule has 37 heavy (non-hydrogen) atoms. The second kappa shape index (κ2) is 10.5. The Bertz CT molecular complexity index is 1440. The predicted molar refractivity (Wildman–Crippen MR) is 139 cm³/mol. The summed E-state index contributed by atoms with van der Waals surface area (Å²) < 4.78 is 37.2. The summed E-state index contributed by atoms with van der Waals surface area (Å²) in [6, 6.07) is 14.4. The van der Waals surface area contributed by atoms with Crippen LogP contribution < -0.4 is 9.47 Å². The molecule has 2 aromatic heterocycles. The van der Waals surface area contributed by atoms with Crippen molar-refractivity contribution in [1.82, 2.24) is 24.3 Å². The van der Waals surface area contributed by atoms with Crippen LogP contribution in [0.25, 0.3) is 5.65 Å². The Labute approximate surface area is 216 Å². The lowest BCUT2D eigenvalue weighted by atomic mass is 9.98. The fourth-order valence-corrected chi connectivity index (χ4v) is 6.09. The third-order valence-electron chi connectivity index (χ3n) is 6.52. The van der Waals surface area contributed by atoms with Crippen LogP contribution in [-0.4, -0.2) is 52.6 Å². The quantitative estimate of drug-likeness (QED) is 0.267. The van der Waals surface area contributed by atoms with Crippen molar-refractivity contribution in [3.8, 4) is 11.5 Å². The zero-order valence-electron chi connectivity index (χ0n) is 20.7. The van der Waals surface area contributed by atoms with Crippen LogP contribution in [0.1, 0.15) is 35.6 Å². The van der Waals surface area contributed by atoms with E-state index in [9.17, 15) is 13.9 Å². The molecule has 0 atom stereocenters. The van der Waals surface area contributed by atoms with Crippen LogP contribution in [0.15, 0.2) is 59.6 Å². The van der Waals surface area contributed by atoms with Crippen molar-refractivity contribution in [2.24, 2.45) is 0 Å². The second-order valence-corrected chi connectivity index (χ2v) is 10.9. The highest BCUT2D eigenvalue weighted by atomic mass is 32.3. The second-order valence-electron chi connectivity index (χ2n) is 8.86. The van der Waals surface area contributed by atoms with Gasteiger partial charge in [-0.2, -0.15) is 4.31 Å². The zero-order valence-corrected chi connectivity index (χ0v) is 21.5. The van der Waals surface area contributed by atoms with Gasteiger partial charge < -0.3 is 9.47 Å². The number of para-hydroxylation sites is 1. The Morgan fingerprint density at radius 1 is 1.16 bits per heavy atom. The average molecular weight is 524 g/mol. The predicted octanol–water partition coefficient (Wildman–Crippen LogP) is 4.45. The van der Waals surface area contributed by atoms with Crippen LogP contribution in [0.5, 0.6) is 11.5 Å². The summed E-state index contributed by atoms with van der Waals surface area (Å²) in [5.74, 6) is 0.637. The lowest BCUT2D eigenvalue weighted by Gasteiger charge is -2.41. The summed E-state index contributed by atoms with van der Waals surface area (Å²) in [6.07, 6.45) is 3.08. The third kappa shape index (κ3) is 5.16. The van der Waals surface area contributed by atoms with Crippen LogP contribution in [0.2, 0.25) is 0 Å². The van der Waals surface area contributed by atoms with E-state index in [4.69, 9.17) is 9.47 Å². The maximum absolute atomic E-state index is 12.8. The van der Waals surface area contributed by atoms with Crippen molar-refractivity contribution in [2.75, 3.05) is 13.2 Å². The number of aromatic nitrogens is 4. The van der Waals surface area contributed by atoms with Gasteiger partial charge in [-0.15, -0.1) is 15.9 Å². The first kappa shape index (κ1) is 25.2. The number of tetrazole rings is 1. The van der Waals surface area contributed by atoms with Crippen molar-refractivity contribution in [3.05, 3.63) is 77.0 Å². The standard InChI is InChI=1S/C26H29N5O5S/c1-3-20-21(17-30-14-15-35-23-6-4-5-7-24(23)37(30,33)34)18(2)8-10-22(20)36-26(32)11-9-19-12-13-31-25(16-19)27-28-29-31/h4-8,10,12-13,16,33-34H,3,9,11,14-15,17H2,1-2H3. The lowest BCUT2D eigenvalue weighted by molar-refractivity contribution is -0.134. The van der Waals surface area contributed by atoms with Gasteiger partial charge in [-0.05, 0) is 82.8 Å². The summed E-state index contributed by atoms with van der Waals surface area (Å²) in [7, 11) is -3.26. The number of carbonyl (C=O) groups excluding carboxylic acids is 1. The monoisotopic (exact) mass is 523 g/mol. The van der Waals surface area contributed by atoms with E-state index in [2.05, 4.69) is 15.5 Å². The Morgan fingerprint density at radius 3 is 2.84 bits per heavy atom. The number of carbonyl (C=O) groups is 1. The molecule has 11 heteroatoms. The molecule has 5 rings (SSSR count). The lowest BCUT2D eigenvalue weighted by Crippen LogP contribution is -2.30. The number of benzene rings is 2. The number of nitrogens with zero attached hydrogens (tertiary/aromatic N) is 5. The van der Waals surface area contributed by atoms with Crippen molar-refractivity contribution >= 4 is 22.4 Å². The number of pyridine rings is 1. The molecule has 0 radical (unpaired) electrons. The van der Waals surface area contributed by atoms with Gasteiger partial charge in [0.2, 0.25) is 0 Å². The number of hydrogen-bond acceptors (Lipinski definition) is 9. The van der Waals surface area contributed by atoms with E-state index in [1.54, 1.807) is 33.2 Å². The Kier molecular flexibility index (Phi) is 7.11. The first-order valence-electron chi connectivity index (χ1n) is 12.1. The smallest absolute Gasteiger partial charge is 0.311 e. The molecule has 0 unspecified atom stereocenters. The zero-order chi connectivity index (χ0) is 26.0. The number of fused-ring (bicyclic) bond motifs is 2. The summed E-state index contributed by atoms with van der Waals surface area (Å²) in [6.45, 7) is 4.93. The van der Waals surface area contributed by atoms with E-state index in [0.29, 0.717) is 48.0 Å². The third-order valence-corrected chi connectivity index (χ3v) is 8.48. The molecule has 1 aliphatic rings. The van der Waals surface area contributed by atoms with Crippen LogP contribution >= 0.6 is 10.8 Å². The van der Waals surface area contributed by atoms with E-state index in [1.807, 2.05) is 44.2 Å². The summed E-state index contributed by atoms with van der Waals surface area (Å²) in [5.41, 5.74) is 4.33. The van der Waals surface area contributed by atoms with Gasteiger partial charge in [0.1, 0.15) is 23.0 Å². The van der Waals surface area contributed by atoms with Gasteiger partial charge in [0.15, 0.2) is 5.65 Å². The first-order valence-corrected chi connectivity index (χ1v) is 13.6. The van der Waals surface area contributed by atoms with Crippen molar-refractivity contribution in [3.63, 3.8) is 0 Å². The highest BCUT2D eigenvalue weighted by Gasteiger charge is 2.32. The SMILES string of the molecule is CCc1c(OC(=O)CCc2ccn3nnnc3c2)ccc(C)c1CN1CCOc2ccccc2S1(O)O. The van der Waals surface area contributed by atoms with E-state index in [-0.39, 0.29) is 18.9 Å². The average Bonchev–Trinajstić information content (AvgIpc) is 3.32. The van der Waals surface area contributed by atoms with E-state index in [1.165, 1.54) is 0 Å². The molecule has 2 N–H and O–H groups in total. The summed E-state index contributed by atoms with van der Waals surface area (Å²) >= 11 is 0. The Hall–Kier alpha value is -3.51. The normalized spacial score (nSPS) is 16.0. The molecular formula is C26H29N5O5S. The van der Waals surface area contributed by atoms with Crippen molar-refractivity contribution < 1.29 is 23.4 Å². The highest BCUT2D eigenvalue weighted by molar-refractivity contribution is 8.22. The first-order chi connectivity index (χ1) is 17.9. The molecule has 4 aromatic rings. The topological polar surface area (TPSA) is 122 Å². The molecule has 3 heterocycles. The Balaban J connectivity index is 1.34. The number of esters is 1. The molecule has 0 fully saturated rings. The van der Waals surface area contributed by atoms with Gasteiger partial charge in [-0.25, -0.2) is 4.52 Å². The van der Waals surface area contributed by atoms with E-state index < -0.39 is 10.8 Å². The molecule has 194 valence electrons. The van der Waals surface area contributed by atoms with Gasteiger partial charge in [-0.1, -0.05) is 25.1 Å². The summed E-state index contributed by atoms with van der Waals surface area (Å²) in [4.78, 5) is 13.1. The van der Waals surface area contributed by atoms with Crippen LogP contribution in [-0.2, 0) is 24.2 Å². The van der Waals surface area contributed by atoms with E-state index in [0.717, 1.165) is 22.3 Å². The minimum atomic E-state index is -3.26. The number of aryl methyl sites for hydroxylation is 2. The minimum absolute atomic E-state index is 0.199. The largest absolute Gasteiger partial charge is 0.490 e. The maximum Gasteiger partial charge on any atom is 0.311 e. The molecule has 0 amide bonds. The van der Waals surface area contributed by atoms with E-state index >= 15 is 0 Å².